The number of aromatic nitrogens is 2. The molecule has 0 amide bonds. The van der Waals surface area contributed by atoms with Crippen LogP contribution in [-0.2, 0) is 11.4 Å². The first kappa shape index (κ1) is 17.2. The summed E-state index contributed by atoms with van der Waals surface area (Å²) in [6.45, 7) is 1.83. The van der Waals surface area contributed by atoms with Gasteiger partial charge in [-0.05, 0) is 30.7 Å². The van der Waals surface area contributed by atoms with Gasteiger partial charge in [-0.25, -0.2) is 14.1 Å². The van der Waals surface area contributed by atoms with Crippen LogP contribution in [0.3, 0.4) is 0 Å². The summed E-state index contributed by atoms with van der Waals surface area (Å²) in [5.74, 6) is 0.352. The van der Waals surface area contributed by atoms with Crippen LogP contribution in [0.15, 0.2) is 54.9 Å². The fourth-order valence-corrected chi connectivity index (χ4v) is 2.95. The highest BCUT2D eigenvalue weighted by Crippen LogP contribution is 2.31. The number of nitrogens with two attached hydrogens (primary N) is 1. The van der Waals surface area contributed by atoms with Crippen LogP contribution in [0.1, 0.15) is 6.92 Å². The maximum atomic E-state index is 14.6. The Kier molecular flexibility index (Phi) is 5.16. The lowest BCUT2D eigenvalue weighted by molar-refractivity contribution is 0.601. The van der Waals surface area contributed by atoms with Gasteiger partial charge in [0.25, 0.3) is 0 Å². The van der Waals surface area contributed by atoms with Gasteiger partial charge in [-0.2, -0.15) is 0 Å². The molecule has 1 unspecified atom stereocenters. The number of hydrogen-bond donors (Lipinski definition) is 2. The number of nitrogens with one attached hydrogen (secondary N) is 1. The summed E-state index contributed by atoms with van der Waals surface area (Å²) in [7, 11) is 0. The van der Waals surface area contributed by atoms with E-state index in [0.29, 0.717) is 28.3 Å². The number of nitrogen functional groups attached to an aromatic ring is 1. The van der Waals surface area contributed by atoms with Gasteiger partial charge in [0.05, 0.1) is 35.1 Å². The van der Waals surface area contributed by atoms with Gasteiger partial charge in [0.1, 0.15) is 17.4 Å². The zero-order chi connectivity index (χ0) is 17.8. The molecule has 0 saturated heterocycles. The Bertz CT molecular complexity index is 873. The van der Waals surface area contributed by atoms with E-state index in [0.717, 1.165) is 5.56 Å². The average molecular weight is 356 g/mol. The molecule has 0 bridgehead atoms. The number of nitrogens with zero attached hydrogens (tertiary/aromatic N) is 2. The Morgan fingerprint density at radius 3 is 2.60 bits per heavy atom. The maximum absolute atomic E-state index is 14.6. The summed E-state index contributed by atoms with van der Waals surface area (Å²) in [5.41, 5.74) is 8.43. The fraction of sp³-hybridized carbons (Fsp3) is 0.111. The molecule has 0 spiro atoms. The van der Waals surface area contributed by atoms with E-state index in [1.54, 1.807) is 12.1 Å². The van der Waals surface area contributed by atoms with Crippen LogP contribution in [0.2, 0.25) is 0 Å². The van der Waals surface area contributed by atoms with Gasteiger partial charge >= 0.3 is 0 Å². The van der Waals surface area contributed by atoms with Crippen molar-refractivity contribution in [3.63, 3.8) is 0 Å². The topological polar surface area (TPSA) is 86.9 Å². The van der Waals surface area contributed by atoms with Gasteiger partial charge in [-0.1, -0.05) is 24.3 Å². The van der Waals surface area contributed by atoms with Crippen LogP contribution in [0.4, 0.5) is 15.9 Å². The Balaban J connectivity index is 1.97. The monoisotopic (exact) mass is 356 g/mol. The first-order valence-corrected chi connectivity index (χ1v) is 9.02. The first-order chi connectivity index (χ1) is 12.1. The molecule has 1 aromatic heterocycles. The second kappa shape index (κ2) is 7.50. The summed E-state index contributed by atoms with van der Waals surface area (Å²) >= 11 is -1.18. The lowest BCUT2D eigenvalue weighted by Crippen LogP contribution is -2.15. The SMILES string of the molecule is CC[S+]([O-])Nc1ccccc1-c1ccc(-c2cnc(N)cn2)c(F)c1. The molecule has 3 N–H and O–H groups in total. The number of halogens is 1. The lowest BCUT2D eigenvalue weighted by atomic mass is 10.0. The predicted molar refractivity (Wildman–Crippen MR) is 99.6 cm³/mol. The predicted octanol–water partition coefficient (Wildman–Crippen LogP) is 3.63. The highest BCUT2D eigenvalue weighted by molar-refractivity contribution is 7.92. The third-order valence-electron chi connectivity index (χ3n) is 3.64. The van der Waals surface area contributed by atoms with Crippen LogP contribution in [0.5, 0.6) is 0 Å². The molecule has 3 aromatic rings. The zero-order valence-electron chi connectivity index (χ0n) is 13.6. The van der Waals surface area contributed by atoms with Crippen molar-refractivity contribution >= 4 is 22.9 Å². The van der Waals surface area contributed by atoms with Crippen molar-refractivity contribution in [1.29, 1.82) is 0 Å². The smallest absolute Gasteiger partial charge is 0.141 e. The van der Waals surface area contributed by atoms with Gasteiger partial charge < -0.3 is 10.3 Å². The first-order valence-electron chi connectivity index (χ1n) is 7.70. The Morgan fingerprint density at radius 1 is 1.12 bits per heavy atom. The molecule has 25 heavy (non-hydrogen) atoms. The summed E-state index contributed by atoms with van der Waals surface area (Å²) < 4.78 is 29.3. The van der Waals surface area contributed by atoms with E-state index in [2.05, 4.69) is 14.7 Å². The van der Waals surface area contributed by atoms with E-state index in [-0.39, 0.29) is 5.82 Å². The van der Waals surface area contributed by atoms with Crippen molar-refractivity contribution in [2.24, 2.45) is 0 Å². The highest BCUT2D eigenvalue weighted by Gasteiger charge is 2.13. The van der Waals surface area contributed by atoms with Crippen LogP contribution in [-0.4, -0.2) is 20.3 Å². The van der Waals surface area contributed by atoms with Gasteiger partial charge in [-0.15, -0.1) is 0 Å². The quantitative estimate of drug-likeness (QED) is 0.682. The van der Waals surface area contributed by atoms with E-state index in [4.69, 9.17) is 5.73 Å². The molecular formula is C18H17FN4OS. The molecule has 0 aliphatic heterocycles. The van der Waals surface area contributed by atoms with Gasteiger partial charge in [-0.3, -0.25) is 4.98 Å². The molecule has 7 heteroatoms. The van der Waals surface area contributed by atoms with Crippen molar-refractivity contribution in [2.75, 3.05) is 16.2 Å². The third kappa shape index (κ3) is 3.89. The molecule has 1 atom stereocenters. The van der Waals surface area contributed by atoms with Crippen LogP contribution < -0.4 is 10.5 Å². The van der Waals surface area contributed by atoms with Gasteiger partial charge in [0.2, 0.25) is 0 Å². The molecule has 0 saturated carbocycles. The Hall–Kier alpha value is -2.64. The van der Waals surface area contributed by atoms with Crippen molar-refractivity contribution < 1.29 is 8.94 Å². The summed E-state index contributed by atoms with van der Waals surface area (Å²) in [6, 6.07) is 12.2. The van der Waals surface area contributed by atoms with Crippen molar-refractivity contribution in [3.8, 4) is 22.4 Å². The molecule has 2 aromatic carbocycles. The zero-order valence-corrected chi connectivity index (χ0v) is 14.4. The highest BCUT2D eigenvalue weighted by atomic mass is 32.2. The minimum atomic E-state index is -1.18. The standard InChI is InChI=1S/C18H17FN4OS/c1-2-25(24)23-16-6-4-3-5-13(16)12-7-8-14(15(19)9-12)17-10-22-18(20)11-21-17/h3-11,23H,2H2,1H3,(H2,20,22). The average Bonchev–Trinajstić information content (AvgIpc) is 2.63. The number of anilines is 2. The molecule has 128 valence electrons. The maximum Gasteiger partial charge on any atom is 0.141 e. The Labute approximate surface area is 148 Å². The van der Waals surface area contributed by atoms with Crippen molar-refractivity contribution in [1.82, 2.24) is 9.97 Å². The molecule has 1 heterocycles. The van der Waals surface area contributed by atoms with Crippen molar-refractivity contribution in [2.45, 2.75) is 6.92 Å². The molecule has 0 fully saturated rings. The second-order valence-electron chi connectivity index (χ2n) is 5.30. The number of benzene rings is 2. The fourth-order valence-electron chi connectivity index (χ4n) is 2.39. The van der Waals surface area contributed by atoms with Gasteiger partial charge in [0.15, 0.2) is 0 Å². The normalized spacial score (nSPS) is 12.0. The minimum Gasteiger partial charge on any atom is -0.593 e. The van der Waals surface area contributed by atoms with E-state index in [1.165, 1.54) is 18.5 Å². The molecule has 3 rings (SSSR count). The van der Waals surface area contributed by atoms with E-state index in [1.807, 2.05) is 31.2 Å². The lowest BCUT2D eigenvalue weighted by Gasteiger charge is -2.14. The van der Waals surface area contributed by atoms with Gasteiger partial charge in [0, 0.05) is 11.1 Å². The number of hydrogen-bond acceptors (Lipinski definition) is 5. The second-order valence-corrected chi connectivity index (χ2v) is 6.78. The molecule has 0 aliphatic rings. The third-order valence-corrected chi connectivity index (χ3v) is 4.61. The van der Waals surface area contributed by atoms with Crippen LogP contribution in [0.25, 0.3) is 22.4 Å². The number of para-hydroxylation sites is 1. The van der Waals surface area contributed by atoms with E-state index >= 15 is 0 Å². The molecule has 0 aliphatic carbocycles. The van der Waals surface area contributed by atoms with Crippen LogP contribution >= 0.6 is 0 Å². The largest absolute Gasteiger partial charge is 0.593 e. The van der Waals surface area contributed by atoms with Crippen LogP contribution in [0, 0.1) is 5.82 Å². The molecule has 5 nitrogen and oxygen atoms in total. The summed E-state index contributed by atoms with van der Waals surface area (Å²) in [5, 5.41) is 0. The minimum absolute atomic E-state index is 0.282. The molecule has 0 radical (unpaired) electrons. The summed E-state index contributed by atoms with van der Waals surface area (Å²) in [4.78, 5) is 8.04. The van der Waals surface area contributed by atoms with E-state index in [9.17, 15) is 8.94 Å². The van der Waals surface area contributed by atoms with Crippen molar-refractivity contribution in [3.05, 3.63) is 60.7 Å². The van der Waals surface area contributed by atoms with E-state index < -0.39 is 17.2 Å². The number of rotatable bonds is 5. The Morgan fingerprint density at radius 2 is 1.92 bits per heavy atom. The molecular weight excluding hydrogens is 339 g/mol. The summed E-state index contributed by atoms with van der Waals surface area (Å²) in [6.07, 6.45) is 2.83.